The van der Waals surface area contributed by atoms with Gasteiger partial charge in [0.15, 0.2) is 0 Å². The highest BCUT2D eigenvalue weighted by Crippen LogP contribution is 2.29. The van der Waals surface area contributed by atoms with Crippen LogP contribution in [-0.4, -0.2) is 38.4 Å². The van der Waals surface area contributed by atoms with Gasteiger partial charge in [-0.05, 0) is 38.5 Å². The summed E-state index contributed by atoms with van der Waals surface area (Å²) in [5.74, 6) is 1.43. The van der Waals surface area contributed by atoms with Gasteiger partial charge in [0, 0.05) is 37.8 Å². The van der Waals surface area contributed by atoms with Crippen molar-refractivity contribution in [1.29, 1.82) is 0 Å². The quantitative estimate of drug-likeness (QED) is 0.723. The number of hydrogen-bond donors (Lipinski definition) is 0. The average Bonchev–Trinajstić information content (AvgIpc) is 3.19. The van der Waals surface area contributed by atoms with E-state index in [-0.39, 0.29) is 11.8 Å². The fraction of sp³-hybridized carbons (Fsp3) is 0.350. The number of carbonyl (C=O) groups excluding carboxylic acids is 1. The summed E-state index contributed by atoms with van der Waals surface area (Å²) >= 11 is 0. The Bertz CT molecular complexity index is 939. The normalized spacial score (nSPS) is 17.4. The number of likely N-dealkylation sites (tertiary alicyclic amines) is 1. The highest BCUT2D eigenvalue weighted by molar-refractivity contribution is 5.94. The number of amides is 1. The third-order valence-corrected chi connectivity index (χ3v) is 5.03. The number of aromatic nitrogens is 3. The largest absolute Gasteiger partial charge is 0.338 e. The lowest BCUT2D eigenvalue weighted by molar-refractivity contribution is 0.0790. The molecule has 0 spiro atoms. The van der Waals surface area contributed by atoms with Crippen molar-refractivity contribution in [3.05, 3.63) is 59.2 Å². The molecule has 1 aliphatic rings. The molecule has 1 fully saturated rings. The molecule has 1 aliphatic heterocycles. The van der Waals surface area contributed by atoms with Crippen LogP contribution in [0, 0.1) is 13.8 Å². The summed E-state index contributed by atoms with van der Waals surface area (Å²) < 4.78 is 2.11. The van der Waals surface area contributed by atoms with Crippen LogP contribution in [-0.2, 0) is 7.05 Å². The van der Waals surface area contributed by atoms with Crippen LogP contribution >= 0.6 is 0 Å². The van der Waals surface area contributed by atoms with Crippen LogP contribution in [0.15, 0.2) is 36.7 Å². The third-order valence-electron chi connectivity index (χ3n) is 5.03. The Morgan fingerprint density at radius 2 is 1.96 bits per heavy atom. The molecular weight excluding hydrogens is 312 g/mol. The van der Waals surface area contributed by atoms with Crippen molar-refractivity contribution >= 4 is 16.9 Å². The molecule has 1 amide bonds. The van der Waals surface area contributed by atoms with Gasteiger partial charge in [0.05, 0.1) is 17.2 Å². The molecule has 1 atom stereocenters. The molecule has 128 valence electrons. The van der Waals surface area contributed by atoms with Crippen molar-refractivity contribution in [1.82, 2.24) is 19.4 Å². The molecule has 1 saturated heterocycles. The summed E-state index contributed by atoms with van der Waals surface area (Å²) in [5, 5.41) is 0. The molecule has 0 N–H and O–H groups in total. The zero-order chi connectivity index (χ0) is 17.6. The Balaban J connectivity index is 1.58. The van der Waals surface area contributed by atoms with E-state index in [0.717, 1.165) is 53.1 Å². The minimum Gasteiger partial charge on any atom is -0.338 e. The van der Waals surface area contributed by atoms with Gasteiger partial charge in [-0.15, -0.1) is 0 Å². The number of benzene rings is 1. The fourth-order valence-electron chi connectivity index (χ4n) is 3.85. The van der Waals surface area contributed by atoms with E-state index in [1.54, 1.807) is 6.20 Å². The molecular formula is C20H22N4O. The van der Waals surface area contributed by atoms with Crippen molar-refractivity contribution in [3.8, 4) is 0 Å². The second kappa shape index (κ2) is 5.99. The highest BCUT2D eigenvalue weighted by atomic mass is 16.2. The first-order valence-electron chi connectivity index (χ1n) is 8.67. The van der Waals surface area contributed by atoms with Crippen molar-refractivity contribution in [2.45, 2.75) is 26.2 Å². The standard InChI is InChI=1S/C20H22N4O/c1-13-8-14(2)10-16(9-13)20(25)24-7-5-15(12-24)19-22-17-4-6-21-11-18(17)23(19)3/h4,6,8-11,15H,5,7,12H2,1-3H3. The second-order valence-electron chi connectivity index (χ2n) is 7.01. The van der Waals surface area contributed by atoms with Crippen LogP contribution in [0.1, 0.15) is 39.6 Å². The molecule has 4 rings (SSSR count). The maximum Gasteiger partial charge on any atom is 0.253 e. The number of rotatable bonds is 2. The van der Waals surface area contributed by atoms with Gasteiger partial charge in [0.1, 0.15) is 5.82 Å². The van der Waals surface area contributed by atoms with E-state index in [1.165, 1.54) is 0 Å². The lowest BCUT2D eigenvalue weighted by Crippen LogP contribution is -2.28. The van der Waals surface area contributed by atoms with Crippen LogP contribution in [0.2, 0.25) is 0 Å². The Morgan fingerprint density at radius 1 is 1.20 bits per heavy atom. The first-order chi connectivity index (χ1) is 12.0. The van der Waals surface area contributed by atoms with Gasteiger partial charge >= 0.3 is 0 Å². The van der Waals surface area contributed by atoms with Crippen molar-refractivity contribution < 1.29 is 4.79 Å². The predicted octanol–water partition coefficient (Wildman–Crippen LogP) is 3.21. The summed E-state index contributed by atoms with van der Waals surface area (Å²) in [7, 11) is 2.03. The Kier molecular flexibility index (Phi) is 3.79. The van der Waals surface area contributed by atoms with Gasteiger partial charge in [0.25, 0.3) is 5.91 Å². The van der Waals surface area contributed by atoms with Crippen molar-refractivity contribution in [2.24, 2.45) is 7.05 Å². The SMILES string of the molecule is Cc1cc(C)cc(C(=O)N2CCC(c3nc4ccncc4n3C)C2)c1. The number of imidazole rings is 1. The van der Waals surface area contributed by atoms with Gasteiger partial charge in [-0.25, -0.2) is 4.98 Å². The van der Waals surface area contributed by atoms with Crippen LogP contribution in [0.4, 0.5) is 0 Å². The van der Waals surface area contributed by atoms with Gasteiger partial charge in [0.2, 0.25) is 0 Å². The van der Waals surface area contributed by atoms with Crippen molar-refractivity contribution in [3.63, 3.8) is 0 Å². The summed E-state index contributed by atoms with van der Waals surface area (Å²) in [6, 6.07) is 7.98. The lowest BCUT2D eigenvalue weighted by atomic mass is 10.1. The van der Waals surface area contributed by atoms with E-state index in [9.17, 15) is 4.79 Å². The number of hydrogen-bond acceptors (Lipinski definition) is 3. The number of aryl methyl sites for hydroxylation is 3. The molecule has 0 radical (unpaired) electrons. The van der Waals surface area contributed by atoms with Crippen LogP contribution in [0.25, 0.3) is 11.0 Å². The van der Waals surface area contributed by atoms with Crippen LogP contribution in [0.3, 0.4) is 0 Å². The van der Waals surface area contributed by atoms with E-state index >= 15 is 0 Å². The Morgan fingerprint density at radius 3 is 2.68 bits per heavy atom. The van der Waals surface area contributed by atoms with E-state index in [1.807, 2.05) is 50.2 Å². The minimum atomic E-state index is 0.120. The average molecular weight is 334 g/mol. The Hall–Kier alpha value is -2.69. The molecule has 0 aliphatic carbocycles. The van der Waals surface area contributed by atoms with Crippen LogP contribution < -0.4 is 0 Å². The van der Waals surface area contributed by atoms with Crippen LogP contribution in [0.5, 0.6) is 0 Å². The molecule has 5 nitrogen and oxygen atoms in total. The molecule has 1 unspecified atom stereocenters. The molecule has 2 aromatic heterocycles. The monoisotopic (exact) mass is 334 g/mol. The fourth-order valence-corrected chi connectivity index (χ4v) is 3.85. The number of pyridine rings is 1. The molecule has 0 bridgehead atoms. The van der Waals surface area contributed by atoms with Crippen molar-refractivity contribution in [2.75, 3.05) is 13.1 Å². The highest BCUT2D eigenvalue weighted by Gasteiger charge is 2.31. The Labute approximate surface area is 147 Å². The summed E-state index contributed by atoms with van der Waals surface area (Å²) in [4.78, 5) is 23.8. The first-order valence-corrected chi connectivity index (χ1v) is 8.67. The topological polar surface area (TPSA) is 51.0 Å². The number of fused-ring (bicyclic) bond motifs is 1. The van der Waals surface area contributed by atoms with Gasteiger partial charge < -0.3 is 9.47 Å². The molecule has 25 heavy (non-hydrogen) atoms. The predicted molar refractivity (Wildman–Crippen MR) is 97.7 cm³/mol. The maximum atomic E-state index is 12.9. The van der Waals surface area contributed by atoms with E-state index in [4.69, 9.17) is 4.98 Å². The summed E-state index contributed by atoms with van der Waals surface area (Å²) in [6.07, 6.45) is 4.56. The maximum absolute atomic E-state index is 12.9. The van der Waals surface area contributed by atoms with E-state index in [0.29, 0.717) is 0 Å². The molecule has 3 heterocycles. The molecule has 0 saturated carbocycles. The van der Waals surface area contributed by atoms with E-state index < -0.39 is 0 Å². The zero-order valence-corrected chi connectivity index (χ0v) is 14.9. The number of carbonyl (C=O) groups is 1. The first kappa shape index (κ1) is 15.8. The van der Waals surface area contributed by atoms with Gasteiger partial charge in [-0.2, -0.15) is 0 Å². The van der Waals surface area contributed by atoms with Gasteiger partial charge in [-0.3, -0.25) is 9.78 Å². The molecule has 1 aromatic carbocycles. The minimum absolute atomic E-state index is 0.120. The lowest BCUT2D eigenvalue weighted by Gasteiger charge is -2.17. The smallest absolute Gasteiger partial charge is 0.253 e. The molecule has 3 aromatic rings. The summed E-state index contributed by atoms with van der Waals surface area (Å²) in [5.41, 5.74) is 5.04. The van der Waals surface area contributed by atoms with Gasteiger partial charge in [-0.1, -0.05) is 17.2 Å². The second-order valence-corrected chi connectivity index (χ2v) is 7.01. The summed E-state index contributed by atoms with van der Waals surface area (Å²) in [6.45, 7) is 5.56. The third kappa shape index (κ3) is 2.80. The zero-order valence-electron chi connectivity index (χ0n) is 14.9. The molecule has 5 heteroatoms. The van der Waals surface area contributed by atoms with E-state index in [2.05, 4.69) is 15.6 Å². The number of nitrogens with zero attached hydrogens (tertiary/aromatic N) is 4.